The van der Waals surface area contributed by atoms with E-state index in [-0.39, 0.29) is 6.23 Å². The highest BCUT2D eigenvalue weighted by molar-refractivity contribution is 4.76. The topological polar surface area (TPSA) is 26.7 Å². The molecule has 54 valence electrons. The van der Waals surface area contributed by atoms with Crippen molar-refractivity contribution in [2.24, 2.45) is 0 Å². The van der Waals surface area contributed by atoms with Gasteiger partial charge >= 0.3 is 0 Å². The lowest BCUT2D eigenvalue weighted by Crippen LogP contribution is -2.33. The maximum absolute atomic E-state index is 9.22. The molecule has 1 heterocycles. The van der Waals surface area contributed by atoms with Crippen LogP contribution in [0.1, 0.15) is 6.92 Å². The van der Waals surface area contributed by atoms with Gasteiger partial charge in [-0.25, -0.2) is 0 Å². The van der Waals surface area contributed by atoms with Crippen LogP contribution in [0.2, 0.25) is 0 Å². The Bertz CT molecular complexity index is 95.2. The predicted octanol–water partition coefficient (Wildman–Crippen LogP) is -0.472. The number of aliphatic hydroxyl groups excluding tert-OH is 1. The second kappa shape index (κ2) is 2.25. The first-order valence-electron chi connectivity index (χ1n) is 3.23. The summed E-state index contributed by atoms with van der Waals surface area (Å²) in [5.74, 6) is 0. The zero-order valence-corrected chi connectivity index (χ0v) is 6.20. The third kappa shape index (κ3) is 1.08. The van der Waals surface area contributed by atoms with E-state index in [1.54, 1.807) is 0 Å². The van der Waals surface area contributed by atoms with Gasteiger partial charge in [0.05, 0.1) is 6.17 Å². The van der Waals surface area contributed by atoms with Crippen LogP contribution >= 0.6 is 0 Å². The average Bonchev–Trinajstić information content (AvgIpc) is 1.98. The van der Waals surface area contributed by atoms with Crippen molar-refractivity contribution in [1.29, 1.82) is 0 Å². The molecule has 0 radical (unpaired) electrons. The number of rotatable bonds is 0. The Balaban J connectivity index is 2.54. The van der Waals surface area contributed by atoms with E-state index in [2.05, 4.69) is 11.8 Å². The molecule has 0 aliphatic carbocycles. The highest BCUT2D eigenvalue weighted by atomic mass is 16.3. The molecule has 0 bridgehead atoms. The highest BCUT2D eigenvalue weighted by Crippen LogP contribution is 2.12. The Labute approximate surface area is 55.9 Å². The predicted molar refractivity (Wildman–Crippen MR) is 35.9 cm³/mol. The van der Waals surface area contributed by atoms with E-state index >= 15 is 0 Å². The lowest BCUT2D eigenvalue weighted by Gasteiger charge is -2.20. The van der Waals surface area contributed by atoms with Crippen LogP contribution in [0.15, 0.2) is 0 Å². The van der Waals surface area contributed by atoms with Crippen molar-refractivity contribution in [2.75, 3.05) is 20.6 Å². The molecule has 9 heavy (non-hydrogen) atoms. The number of β-amino-alcohol motifs (C(OH)–C–C–N with tert-alkyl or cyclic N) is 1. The summed E-state index contributed by atoms with van der Waals surface area (Å²) >= 11 is 0. The second-order valence-corrected chi connectivity index (χ2v) is 2.72. The van der Waals surface area contributed by atoms with Gasteiger partial charge in [-0.2, -0.15) is 0 Å². The summed E-state index contributed by atoms with van der Waals surface area (Å²) in [5, 5.41) is 9.22. The summed E-state index contributed by atoms with van der Waals surface area (Å²) in [6.07, 6.45) is 0.102. The van der Waals surface area contributed by atoms with Crippen molar-refractivity contribution in [3.8, 4) is 0 Å². The Morgan fingerprint density at radius 2 is 2.00 bits per heavy atom. The van der Waals surface area contributed by atoms with Gasteiger partial charge in [0.25, 0.3) is 0 Å². The van der Waals surface area contributed by atoms with E-state index in [4.69, 9.17) is 0 Å². The van der Waals surface area contributed by atoms with Gasteiger partial charge in [0.15, 0.2) is 0 Å². The second-order valence-electron chi connectivity index (χ2n) is 2.72. The number of likely N-dealkylation sites (N-methyl/N-ethyl adjacent to an activating group) is 2. The molecule has 0 spiro atoms. The quantitative estimate of drug-likeness (QED) is 0.480. The molecular formula is C6H14N2O. The third-order valence-electron chi connectivity index (χ3n) is 2.15. The SMILES string of the molecule is CC1N(C)CC(O)N1C. The van der Waals surface area contributed by atoms with Crippen LogP contribution in [-0.2, 0) is 0 Å². The molecule has 0 aromatic heterocycles. The monoisotopic (exact) mass is 130 g/mol. The first-order chi connectivity index (χ1) is 4.13. The molecule has 0 amide bonds. The molecule has 1 fully saturated rings. The summed E-state index contributed by atoms with van der Waals surface area (Å²) in [6, 6.07) is 0. The maximum atomic E-state index is 9.22. The molecule has 3 nitrogen and oxygen atoms in total. The zero-order valence-electron chi connectivity index (χ0n) is 6.20. The summed E-state index contributed by atoms with van der Waals surface area (Å²) in [7, 11) is 3.94. The molecule has 0 aromatic rings. The molecule has 1 aliphatic rings. The van der Waals surface area contributed by atoms with Crippen LogP contribution in [-0.4, -0.2) is 47.9 Å². The van der Waals surface area contributed by atoms with Gasteiger partial charge in [-0.3, -0.25) is 9.80 Å². The number of aliphatic hydroxyl groups is 1. The van der Waals surface area contributed by atoms with Crippen molar-refractivity contribution < 1.29 is 5.11 Å². The summed E-state index contributed by atoms with van der Waals surface area (Å²) < 4.78 is 0. The average molecular weight is 130 g/mol. The van der Waals surface area contributed by atoms with Crippen LogP contribution < -0.4 is 0 Å². The van der Waals surface area contributed by atoms with Crippen molar-refractivity contribution in [3.05, 3.63) is 0 Å². The minimum Gasteiger partial charge on any atom is -0.377 e. The minimum absolute atomic E-state index is 0.273. The van der Waals surface area contributed by atoms with E-state index in [0.717, 1.165) is 6.54 Å². The molecule has 1 saturated heterocycles. The van der Waals surface area contributed by atoms with Gasteiger partial charge in [-0.15, -0.1) is 0 Å². The van der Waals surface area contributed by atoms with Crippen molar-refractivity contribution in [2.45, 2.75) is 19.3 Å². The fraction of sp³-hybridized carbons (Fsp3) is 1.00. The van der Waals surface area contributed by atoms with E-state index in [0.29, 0.717) is 6.17 Å². The number of hydrogen-bond acceptors (Lipinski definition) is 3. The van der Waals surface area contributed by atoms with E-state index in [9.17, 15) is 5.11 Å². The van der Waals surface area contributed by atoms with E-state index in [1.807, 2.05) is 19.0 Å². The largest absolute Gasteiger partial charge is 0.377 e. The smallest absolute Gasteiger partial charge is 0.121 e. The molecule has 1 rings (SSSR count). The van der Waals surface area contributed by atoms with Crippen LogP contribution in [0.4, 0.5) is 0 Å². The Morgan fingerprint density at radius 3 is 2.11 bits per heavy atom. The standard InChI is InChI=1S/C6H14N2O/c1-5-7(2)4-6(9)8(5)3/h5-6,9H,4H2,1-3H3. The van der Waals surface area contributed by atoms with Gasteiger partial charge in [-0.1, -0.05) is 0 Å². The molecule has 1 aliphatic heterocycles. The fourth-order valence-electron chi connectivity index (χ4n) is 1.10. The number of nitrogens with zero attached hydrogens (tertiary/aromatic N) is 2. The van der Waals surface area contributed by atoms with Gasteiger partial charge in [0, 0.05) is 6.54 Å². The zero-order chi connectivity index (χ0) is 7.02. The van der Waals surface area contributed by atoms with Gasteiger partial charge in [0.2, 0.25) is 0 Å². The third-order valence-corrected chi connectivity index (χ3v) is 2.15. The van der Waals surface area contributed by atoms with Gasteiger partial charge in [0.1, 0.15) is 6.23 Å². The van der Waals surface area contributed by atoms with Gasteiger partial charge in [-0.05, 0) is 21.0 Å². The molecule has 0 saturated carbocycles. The molecule has 3 heteroatoms. The lowest BCUT2D eigenvalue weighted by atomic mass is 10.5. The van der Waals surface area contributed by atoms with Crippen LogP contribution in [0.5, 0.6) is 0 Å². The Kier molecular flexibility index (Phi) is 1.75. The van der Waals surface area contributed by atoms with Crippen molar-refractivity contribution in [1.82, 2.24) is 9.80 Å². The first-order valence-corrected chi connectivity index (χ1v) is 3.23. The molecule has 0 aromatic carbocycles. The molecular weight excluding hydrogens is 116 g/mol. The maximum Gasteiger partial charge on any atom is 0.121 e. The Morgan fingerprint density at radius 1 is 1.44 bits per heavy atom. The van der Waals surface area contributed by atoms with Crippen LogP contribution in [0.25, 0.3) is 0 Å². The summed E-state index contributed by atoms with van der Waals surface area (Å²) in [4.78, 5) is 4.06. The molecule has 2 atom stereocenters. The van der Waals surface area contributed by atoms with Crippen LogP contribution in [0.3, 0.4) is 0 Å². The molecule has 1 N–H and O–H groups in total. The summed E-state index contributed by atoms with van der Waals surface area (Å²) in [6.45, 7) is 2.84. The van der Waals surface area contributed by atoms with E-state index in [1.165, 1.54) is 0 Å². The summed E-state index contributed by atoms with van der Waals surface area (Å²) in [5.41, 5.74) is 0. The fourth-order valence-corrected chi connectivity index (χ4v) is 1.10. The number of hydrogen-bond donors (Lipinski definition) is 1. The molecule has 2 unspecified atom stereocenters. The van der Waals surface area contributed by atoms with E-state index < -0.39 is 0 Å². The first kappa shape index (κ1) is 6.99. The normalized spacial score (nSPS) is 40.0. The Hall–Kier alpha value is -0.120. The highest BCUT2D eigenvalue weighted by Gasteiger charge is 2.29. The minimum atomic E-state index is -0.273. The van der Waals surface area contributed by atoms with Crippen molar-refractivity contribution in [3.63, 3.8) is 0 Å². The van der Waals surface area contributed by atoms with Crippen LogP contribution in [0, 0.1) is 0 Å². The lowest BCUT2D eigenvalue weighted by molar-refractivity contribution is 0.0471. The van der Waals surface area contributed by atoms with Crippen molar-refractivity contribution >= 4 is 0 Å². The van der Waals surface area contributed by atoms with Gasteiger partial charge < -0.3 is 5.11 Å².